The summed E-state index contributed by atoms with van der Waals surface area (Å²) in [6, 6.07) is -1.17. The second-order valence-corrected chi connectivity index (χ2v) is 11.7. The molecule has 3 atom stereocenters. The van der Waals surface area contributed by atoms with Crippen molar-refractivity contribution in [3.63, 3.8) is 0 Å². The Balaban J connectivity index is 1.66. The van der Waals surface area contributed by atoms with Gasteiger partial charge in [-0.3, -0.25) is 4.79 Å². The third-order valence-corrected chi connectivity index (χ3v) is 7.98. The van der Waals surface area contributed by atoms with Crippen LogP contribution in [0.2, 0.25) is 0 Å². The highest BCUT2D eigenvalue weighted by molar-refractivity contribution is 5.93. The second-order valence-electron chi connectivity index (χ2n) is 11.7. The molecule has 1 fully saturated rings. The molecule has 12 nitrogen and oxygen atoms in total. The predicted octanol–water partition coefficient (Wildman–Crippen LogP) is 4.39. The van der Waals surface area contributed by atoms with E-state index >= 15 is 0 Å². The number of carbonyl (C=O) groups excluding carboxylic acids is 2. The van der Waals surface area contributed by atoms with Gasteiger partial charge < -0.3 is 20.3 Å². The minimum atomic E-state index is -4.69. The van der Waals surface area contributed by atoms with Crippen molar-refractivity contribution in [1.29, 1.82) is 0 Å². The molecule has 0 saturated carbocycles. The van der Waals surface area contributed by atoms with Crippen LogP contribution in [0.4, 0.5) is 26.7 Å². The Labute approximate surface area is 243 Å². The van der Waals surface area contributed by atoms with E-state index in [0.717, 1.165) is 18.7 Å². The summed E-state index contributed by atoms with van der Waals surface area (Å²) >= 11 is 0. The smallest absolute Gasteiger partial charge is 0.382 e. The zero-order chi connectivity index (χ0) is 32.0. The molecule has 1 aliphatic rings. The quantitative estimate of drug-likeness (QED) is 0.303. The maximum atomic E-state index is 14.3. The summed E-state index contributed by atoms with van der Waals surface area (Å²) in [6.45, 7) is 5.30. The summed E-state index contributed by atoms with van der Waals surface area (Å²) in [4.78, 5) is 31.2. The number of fused-ring (bicyclic) bond motifs is 1. The number of alkyl halides is 5. The van der Waals surface area contributed by atoms with Gasteiger partial charge >= 0.3 is 12.2 Å². The number of hydrogen-bond donors (Lipinski definition) is 2. The van der Waals surface area contributed by atoms with Crippen LogP contribution in [0, 0.1) is 12.3 Å². The van der Waals surface area contributed by atoms with Gasteiger partial charge in [-0.05, 0) is 44.8 Å². The number of methoxy groups -OCH3 is 1. The van der Waals surface area contributed by atoms with Crippen LogP contribution in [0.25, 0.3) is 5.65 Å². The Kier molecular flexibility index (Phi) is 8.43. The zero-order valence-electron chi connectivity index (χ0n) is 24.4. The number of carbonyl (C=O) groups is 2. The Morgan fingerprint density at radius 2 is 1.93 bits per heavy atom. The molecule has 3 amide bonds. The minimum absolute atomic E-state index is 0.00199. The molecule has 3 aromatic heterocycles. The molecule has 0 aromatic carbocycles. The molecule has 17 heteroatoms. The van der Waals surface area contributed by atoms with Crippen LogP contribution in [0.1, 0.15) is 80.1 Å². The van der Waals surface area contributed by atoms with E-state index in [1.807, 2.05) is 5.32 Å². The average molecular weight is 617 g/mol. The molecule has 1 saturated heterocycles. The summed E-state index contributed by atoms with van der Waals surface area (Å²) in [7, 11) is 1.35. The number of ether oxygens (including phenoxy) is 1. The lowest BCUT2D eigenvalue weighted by Gasteiger charge is -2.32. The van der Waals surface area contributed by atoms with Gasteiger partial charge in [-0.2, -0.15) is 18.3 Å². The average Bonchev–Trinajstić information content (AvgIpc) is 3.60. The molecule has 0 radical (unpaired) electrons. The molecular formula is C26H33F5N8O4. The number of amides is 3. The number of nitrogens with zero attached hydrogens (tertiary/aromatic N) is 6. The number of imidazole rings is 1. The summed E-state index contributed by atoms with van der Waals surface area (Å²) in [6.07, 6.45) is -1.74. The van der Waals surface area contributed by atoms with Crippen molar-refractivity contribution < 1.29 is 40.9 Å². The van der Waals surface area contributed by atoms with Crippen molar-refractivity contribution >= 4 is 17.6 Å². The van der Waals surface area contributed by atoms with Gasteiger partial charge in [0.2, 0.25) is 5.92 Å². The van der Waals surface area contributed by atoms with Crippen LogP contribution < -0.4 is 10.6 Å². The van der Waals surface area contributed by atoms with Crippen molar-refractivity contribution in [2.45, 2.75) is 77.2 Å². The molecule has 1 aliphatic heterocycles. The largest absolute Gasteiger partial charge is 0.413 e. The zero-order valence-corrected chi connectivity index (χ0v) is 24.4. The van der Waals surface area contributed by atoms with Crippen molar-refractivity contribution in [3.8, 4) is 0 Å². The van der Waals surface area contributed by atoms with Crippen LogP contribution >= 0.6 is 0 Å². The summed E-state index contributed by atoms with van der Waals surface area (Å²) < 4.78 is 80.7. The summed E-state index contributed by atoms with van der Waals surface area (Å²) in [5.41, 5.74) is -2.84. The van der Waals surface area contributed by atoms with E-state index in [1.54, 1.807) is 0 Å². The first-order valence-electron chi connectivity index (χ1n) is 13.3. The van der Waals surface area contributed by atoms with E-state index in [0.29, 0.717) is 5.56 Å². The number of rotatable bonds is 11. The Bertz CT molecular complexity index is 1480. The minimum Gasteiger partial charge on any atom is -0.382 e. The van der Waals surface area contributed by atoms with E-state index in [4.69, 9.17) is 4.74 Å². The monoisotopic (exact) mass is 616 g/mol. The molecule has 0 unspecified atom stereocenters. The fourth-order valence-electron chi connectivity index (χ4n) is 4.64. The number of halogens is 5. The van der Waals surface area contributed by atoms with Gasteiger partial charge in [0.15, 0.2) is 16.9 Å². The first kappa shape index (κ1) is 32.0. The van der Waals surface area contributed by atoms with Crippen LogP contribution in [0.3, 0.4) is 0 Å². The van der Waals surface area contributed by atoms with Crippen LogP contribution in [-0.4, -0.2) is 79.6 Å². The number of urea groups is 1. The SMILES string of the molecule is COC[C@H](c1cnn2cc([C@H](CCC(C)(C)C(C)(F)F)NC(=O)c3nonc3C)nc2c1)N1C[C@@](C)(C(F)(F)F)NC1=O. The van der Waals surface area contributed by atoms with E-state index in [-0.39, 0.29) is 42.2 Å². The number of nitrogens with one attached hydrogen (secondary N) is 2. The van der Waals surface area contributed by atoms with E-state index in [2.05, 4.69) is 30.3 Å². The highest BCUT2D eigenvalue weighted by Crippen LogP contribution is 2.41. The highest BCUT2D eigenvalue weighted by Gasteiger charge is 2.58. The summed E-state index contributed by atoms with van der Waals surface area (Å²) in [5.74, 6) is -3.66. The van der Waals surface area contributed by atoms with Crippen LogP contribution in [-0.2, 0) is 4.74 Å². The van der Waals surface area contributed by atoms with Crippen molar-refractivity contribution in [2.24, 2.45) is 5.41 Å². The Morgan fingerprint density at radius 3 is 2.49 bits per heavy atom. The number of aryl methyl sites for hydroxylation is 1. The maximum Gasteiger partial charge on any atom is 0.413 e. The topological polar surface area (TPSA) is 140 Å². The van der Waals surface area contributed by atoms with Crippen molar-refractivity contribution in [3.05, 3.63) is 41.1 Å². The fraction of sp³-hybridized carbons (Fsp3) is 0.615. The highest BCUT2D eigenvalue weighted by atomic mass is 19.4. The van der Waals surface area contributed by atoms with Crippen LogP contribution in [0.5, 0.6) is 0 Å². The molecule has 4 rings (SSSR count). The van der Waals surface area contributed by atoms with Crippen molar-refractivity contribution in [2.75, 3.05) is 20.3 Å². The molecule has 3 aromatic rings. The Morgan fingerprint density at radius 1 is 1.23 bits per heavy atom. The molecule has 0 bridgehead atoms. The standard InChI is InChI=1S/C26H33F5N8O4/c1-14-20(37-43-36-14)21(40)34-16(7-8-23(2,3)25(5,27)28)17-11-39-19(33-17)9-15(10-32-39)18(12-42-6)38-13-24(4,26(29,30)31)35-22(38)41/h9-11,16,18H,7-8,12-13H2,1-6H3,(H,34,40)(H,35,41)/t16-,18+,24-/m0/s1. The van der Waals surface area contributed by atoms with Crippen molar-refractivity contribution in [1.82, 2.24) is 40.4 Å². The maximum absolute atomic E-state index is 14.3. The molecule has 236 valence electrons. The molecule has 0 spiro atoms. The fourth-order valence-corrected chi connectivity index (χ4v) is 4.64. The van der Waals surface area contributed by atoms with Gasteiger partial charge in [0, 0.05) is 18.1 Å². The Hall–Kier alpha value is -3.89. The molecular weight excluding hydrogens is 583 g/mol. The normalized spacial score (nSPS) is 19.5. The lowest BCUT2D eigenvalue weighted by Crippen LogP contribution is -2.53. The first-order valence-corrected chi connectivity index (χ1v) is 13.3. The van der Waals surface area contributed by atoms with Gasteiger partial charge in [-0.15, -0.1) is 0 Å². The number of hydrogen-bond acceptors (Lipinski definition) is 8. The lowest BCUT2D eigenvalue weighted by molar-refractivity contribution is -0.184. The van der Waals surface area contributed by atoms with E-state index < -0.39 is 53.6 Å². The predicted molar refractivity (Wildman–Crippen MR) is 140 cm³/mol. The van der Waals surface area contributed by atoms with Gasteiger partial charge in [-0.1, -0.05) is 19.0 Å². The summed E-state index contributed by atoms with van der Waals surface area (Å²) in [5, 5.41) is 16.3. The first-order chi connectivity index (χ1) is 19.9. The lowest BCUT2D eigenvalue weighted by atomic mass is 9.80. The van der Waals surface area contributed by atoms with Gasteiger partial charge in [0.25, 0.3) is 5.91 Å². The number of aromatic nitrogens is 5. The molecule has 43 heavy (non-hydrogen) atoms. The second kappa shape index (κ2) is 11.3. The van der Waals surface area contributed by atoms with Crippen LogP contribution in [0.15, 0.2) is 23.1 Å². The molecule has 4 heterocycles. The van der Waals surface area contributed by atoms with Gasteiger partial charge in [0.1, 0.15) is 5.69 Å². The molecule has 2 N–H and O–H groups in total. The van der Waals surface area contributed by atoms with E-state index in [9.17, 15) is 31.5 Å². The molecule has 0 aliphatic carbocycles. The van der Waals surface area contributed by atoms with E-state index in [1.165, 1.54) is 50.9 Å². The van der Waals surface area contributed by atoms with Gasteiger partial charge in [0.05, 0.1) is 43.3 Å². The third kappa shape index (κ3) is 6.40. The van der Waals surface area contributed by atoms with Gasteiger partial charge in [-0.25, -0.2) is 27.7 Å². The third-order valence-electron chi connectivity index (χ3n) is 7.98.